The molecule has 6 nitrogen and oxygen atoms in total. The van der Waals surface area contributed by atoms with E-state index in [-0.39, 0.29) is 6.04 Å². The summed E-state index contributed by atoms with van der Waals surface area (Å²) in [5, 5.41) is 15.0. The van der Waals surface area contributed by atoms with E-state index >= 15 is 0 Å². The van der Waals surface area contributed by atoms with Crippen molar-refractivity contribution in [3.63, 3.8) is 0 Å². The Balaban J connectivity index is 1.82. The fourth-order valence-corrected chi connectivity index (χ4v) is 2.18. The first-order chi connectivity index (χ1) is 10.2. The normalized spacial score (nSPS) is 12.1. The van der Waals surface area contributed by atoms with Gasteiger partial charge >= 0.3 is 0 Å². The lowest BCUT2D eigenvalue weighted by molar-refractivity contribution is 0.714. The Kier molecular flexibility index (Phi) is 3.59. The molecule has 0 saturated heterocycles. The number of tetrazole rings is 1. The van der Waals surface area contributed by atoms with Gasteiger partial charge in [-0.25, -0.2) is 4.68 Å². The Morgan fingerprint density at radius 2 is 2.05 bits per heavy atom. The van der Waals surface area contributed by atoms with Gasteiger partial charge in [0, 0.05) is 24.5 Å². The molecule has 0 radical (unpaired) electrons. The van der Waals surface area contributed by atoms with E-state index < -0.39 is 0 Å². The van der Waals surface area contributed by atoms with Crippen LogP contribution in [0.15, 0.2) is 48.7 Å². The van der Waals surface area contributed by atoms with E-state index in [4.69, 9.17) is 0 Å². The molecule has 6 heteroatoms. The number of hydrogen-bond donors (Lipinski definition) is 1. The highest BCUT2D eigenvalue weighted by atomic mass is 15.5. The number of pyridine rings is 1. The molecule has 1 unspecified atom stereocenters. The summed E-state index contributed by atoms with van der Waals surface area (Å²) in [5.41, 5.74) is 2.98. The number of benzene rings is 1. The predicted molar refractivity (Wildman–Crippen MR) is 80.5 cm³/mol. The van der Waals surface area contributed by atoms with Crippen molar-refractivity contribution in [2.75, 3.05) is 5.32 Å². The minimum atomic E-state index is 0.124. The van der Waals surface area contributed by atoms with Gasteiger partial charge in [0.2, 0.25) is 0 Å². The average molecular weight is 280 g/mol. The first-order valence-corrected chi connectivity index (χ1v) is 6.74. The lowest BCUT2D eigenvalue weighted by Gasteiger charge is -2.15. The van der Waals surface area contributed by atoms with E-state index in [1.165, 1.54) is 0 Å². The zero-order valence-electron chi connectivity index (χ0n) is 11.9. The van der Waals surface area contributed by atoms with E-state index in [0.29, 0.717) is 0 Å². The largest absolute Gasteiger partial charge is 0.377 e. The number of nitrogens with one attached hydrogen (secondary N) is 1. The van der Waals surface area contributed by atoms with Crippen molar-refractivity contribution >= 4 is 5.69 Å². The lowest BCUT2D eigenvalue weighted by Crippen LogP contribution is -2.08. The minimum absolute atomic E-state index is 0.124. The molecular weight excluding hydrogens is 264 g/mol. The summed E-state index contributed by atoms with van der Waals surface area (Å²) >= 11 is 0. The molecule has 2 heterocycles. The second kappa shape index (κ2) is 5.70. The van der Waals surface area contributed by atoms with E-state index in [1.54, 1.807) is 10.9 Å². The molecule has 21 heavy (non-hydrogen) atoms. The van der Waals surface area contributed by atoms with Gasteiger partial charge in [-0.15, -0.1) is 5.10 Å². The highest BCUT2D eigenvalue weighted by Gasteiger charge is 2.09. The van der Waals surface area contributed by atoms with E-state index in [0.717, 1.165) is 22.8 Å². The minimum Gasteiger partial charge on any atom is -0.377 e. The first-order valence-electron chi connectivity index (χ1n) is 6.74. The molecule has 3 rings (SSSR count). The lowest BCUT2D eigenvalue weighted by atomic mass is 10.1. The SMILES string of the molecule is CC(Nc1cccc(-c2nnnn2C)c1)c1ccccn1. The zero-order chi connectivity index (χ0) is 14.7. The Hall–Kier alpha value is -2.76. The van der Waals surface area contributed by atoms with Gasteiger partial charge in [0.05, 0.1) is 11.7 Å². The standard InChI is InChI=1S/C15H16N6/c1-11(14-8-3-4-9-16-14)17-13-7-5-6-12(10-13)15-18-19-20-21(15)2/h3-11,17H,1-2H3. The number of nitrogens with zero attached hydrogens (tertiary/aromatic N) is 5. The Morgan fingerprint density at radius 1 is 1.14 bits per heavy atom. The van der Waals surface area contributed by atoms with Crippen LogP contribution in [0.2, 0.25) is 0 Å². The average Bonchev–Trinajstić information content (AvgIpc) is 2.94. The van der Waals surface area contributed by atoms with Crippen LogP contribution in [0.3, 0.4) is 0 Å². The number of aryl methyl sites for hydroxylation is 1. The van der Waals surface area contributed by atoms with Gasteiger partial charge in [0.15, 0.2) is 5.82 Å². The fraction of sp³-hybridized carbons (Fsp3) is 0.200. The molecule has 3 aromatic rings. The summed E-state index contributed by atoms with van der Waals surface area (Å²) in [6.07, 6.45) is 1.80. The molecule has 0 amide bonds. The third-order valence-corrected chi connectivity index (χ3v) is 3.26. The summed E-state index contributed by atoms with van der Waals surface area (Å²) < 4.78 is 1.65. The highest BCUT2D eigenvalue weighted by molar-refractivity contribution is 5.62. The molecule has 0 aliphatic heterocycles. The van der Waals surface area contributed by atoms with E-state index in [1.807, 2.05) is 49.5 Å². The van der Waals surface area contributed by atoms with Crippen molar-refractivity contribution in [1.82, 2.24) is 25.2 Å². The second-order valence-corrected chi connectivity index (χ2v) is 4.83. The molecule has 2 aromatic heterocycles. The monoisotopic (exact) mass is 280 g/mol. The summed E-state index contributed by atoms with van der Waals surface area (Å²) in [6, 6.07) is 14.1. The molecular formula is C15H16N6. The summed E-state index contributed by atoms with van der Waals surface area (Å²) in [7, 11) is 1.83. The van der Waals surface area contributed by atoms with Crippen molar-refractivity contribution in [2.45, 2.75) is 13.0 Å². The third kappa shape index (κ3) is 2.89. The van der Waals surface area contributed by atoms with Crippen molar-refractivity contribution in [1.29, 1.82) is 0 Å². The first kappa shape index (κ1) is 13.2. The maximum Gasteiger partial charge on any atom is 0.181 e. The van der Waals surface area contributed by atoms with Gasteiger partial charge in [0.25, 0.3) is 0 Å². The predicted octanol–water partition coefficient (Wildman–Crippen LogP) is 2.45. The van der Waals surface area contributed by atoms with Gasteiger partial charge in [0.1, 0.15) is 0 Å². The fourth-order valence-electron chi connectivity index (χ4n) is 2.18. The summed E-state index contributed by atoms with van der Waals surface area (Å²) in [5.74, 6) is 0.740. The van der Waals surface area contributed by atoms with Crippen LogP contribution in [-0.2, 0) is 7.05 Å². The van der Waals surface area contributed by atoms with Crippen LogP contribution < -0.4 is 5.32 Å². The highest BCUT2D eigenvalue weighted by Crippen LogP contribution is 2.22. The molecule has 0 saturated carbocycles. The topological polar surface area (TPSA) is 68.5 Å². The van der Waals surface area contributed by atoms with Crippen LogP contribution in [0.5, 0.6) is 0 Å². The number of anilines is 1. The molecule has 0 spiro atoms. The maximum absolute atomic E-state index is 4.36. The summed E-state index contributed by atoms with van der Waals surface area (Å²) in [6.45, 7) is 2.08. The van der Waals surface area contributed by atoms with Crippen molar-refractivity contribution in [3.8, 4) is 11.4 Å². The van der Waals surface area contributed by atoms with Crippen molar-refractivity contribution in [3.05, 3.63) is 54.4 Å². The van der Waals surface area contributed by atoms with Crippen LogP contribution in [0, 0.1) is 0 Å². The maximum atomic E-state index is 4.36. The van der Waals surface area contributed by atoms with Gasteiger partial charge in [-0.2, -0.15) is 0 Å². The van der Waals surface area contributed by atoms with Crippen LogP contribution in [-0.4, -0.2) is 25.2 Å². The number of rotatable bonds is 4. The number of aromatic nitrogens is 5. The molecule has 1 N–H and O–H groups in total. The van der Waals surface area contributed by atoms with Gasteiger partial charge < -0.3 is 5.32 Å². The van der Waals surface area contributed by atoms with Gasteiger partial charge in [-0.3, -0.25) is 4.98 Å². The Labute approximate surface area is 122 Å². The molecule has 0 fully saturated rings. The summed E-state index contributed by atoms with van der Waals surface area (Å²) in [4.78, 5) is 4.36. The molecule has 1 aromatic carbocycles. The second-order valence-electron chi connectivity index (χ2n) is 4.83. The van der Waals surface area contributed by atoms with Crippen LogP contribution in [0.4, 0.5) is 5.69 Å². The Morgan fingerprint density at radius 3 is 2.76 bits per heavy atom. The van der Waals surface area contributed by atoms with Gasteiger partial charge in [-0.1, -0.05) is 18.2 Å². The van der Waals surface area contributed by atoms with E-state index in [9.17, 15) is 0 Å². The van der Waals surface area contributed by atoms with Crippen LogP contribution in [0.1, 0.15) is 18.7 Å². The van der Waals surface area contributed by atoms with E-state index in [2.05, 4.69) is 32.7 Å². The number of hydrogen-bond acceptors (Lipinski definition) is 5. The smallest absolute Gasteiger partial charge is 0.181 e. The zero-order valence-corrected chi connectivity index (χ0v) is 11.9. The van der Waals surface area contributed by atoms with Gasteiger partial charge in [-0.05, 0) is 41.6 Å². The molecule has 0 bridgehead atoms. The van der Waals surface area contributed by atoms with Crippen LogP contribution >= 0.6 is 0 Å². The van der Waals surface area contributed by atoms with Crippen molar-refractivity contribution in [2.24, 2.45) is 7.05 Å². The molecule has 0 aliphatic rings. The van der Waals surface area contributed by atoms with Crippen LogP contribution in [0.25, 0.3) is 11.4 Å². The third-order valence-electron chi connectivity index (χ3n) is 3.26. The molecule has 106 valence electrons. The van der Waals surface area contributed by atoms with Crippen molar-refractivity contribution < 1.29 is 0 Å². The Bertz CT molecular complexity index is 722. The molecule has 1 atom stereocenters. The quantitative estimate of drug-likeness (QED) is 0.795. The molecule has 0 aliphatic carbocycles.